The third-order valence-electron chi connectivity index (χ3n) is 4.39. The molecule has 0 fully saturated rings. The van der Waals surface area contributed by atoms with Crippen LogP contribution in [0, 0.1) is 6.92 Å². The zero-order valence-electron chi connectivity index (χ0n) is 16.1. The van der Waals surface area contributed by atoms with Gasteiger partial charge in [-0.2, -0.15) is 0 Å². The van der Waals surface area contributed by atoms with Crippen LogP contribution in [-0.4, -0.2) is 34.1 Å². The Hall–Kier alpha value is -3.00. The second-order valence-corrected chi connectivity index (χ2v) is 7.31. The Labute approximate surface area is 167 Å². The Balaban J connectivity index is 1.52. The SMILES string of the molecule is COc1ccc(-c2csc(CCNC(=O)Cc3ncn(C)c(=O)c3C)n2)cc1. The summed E-state index contributed by atoms with van der Waals surface area (Å²) in [5.41, 5.74) is 2.82. The van der Waals surface area contributed by atoms with E-state index in [-0.39, 0.29) is 17.9 Å². The van der Waals surface area contributed by atoms with Gasteiger partial charge in [0.25, 0.3) is 5.56 Å². The van der Waals surface area contributed by atoms with Crippen LogP contribution in [0.1, 0.15) is 16.3 Å². The Morgan fingerprint density at radius 1 is 1.29 bits per heavy atom. The van der Waals surface area contributed by atoms with Crippen LogP contribution in [0.2, 0.25) is 0 Å². The zero-order chi connectivity index (χ0) is 20.1. The van der Waals surface area contributed by atoms with Crippen molar-refractivity contribution in [3.05, 3.63) is 62.6 Å². The molecular weight excluding hydrogens is 376 g/mol. The molecule has 8 heteroatoms. The summed E-state index contributed by atoms with van der Waals surface area (Å²) < 4.78 is 6.57. The van der Waals surface area contributed by atoms with E-state index in [0.717, 1.165) is 22.0 Å². The minimum Gasteiger partial charge on any atom is -0.497 e. The molecule has 146 valence electrons. The van der Waals surface area contributed by atoms with E-state index in [4.69, 9.17) is 4.74 Å². The summed E-state index contributed by atoms with van der Waals surface area (Å²) in [6.07, 6.45) is 2.18. The maximum Gasteiger partial charge on any atom is 0.256 e. The lowest BCUT2D eigenvalue weighted by Crippen LogP contribution is -2.29. The number of ether oxygens (including phenoxy) is 1. The fraction of sp³-hybridized carbons (Fsp3) is 0.300. The summed E-state index contributed by atoms with van der Waals surface area (Å²) in [6, 6.07) is 7.75. The summed E-state index contributed by atoms with van der Waals surface area (Å²) in [5, 5.41) is 5.83. The van der Waals surface area contributed by atoms with Gasteiger partial charge in [-0.15, -0.1) is 11.3 Å². The summed E-state index contributed by atoms with van der Waals surface area (Å²) >= 11 is 1.57. The molecule has 0 saturated heterocycles. The van der Waals surface area contributed by atoms with Gasteiger partial charge < -0.3 is 14.6 Å². The Morgan fingerprint density at radius 3 is 2.75 bits per heavy atom. The molecule has 0 aliphatic heterocycles. The Kier molecular flexibility index (Phi) is 6.20. The van der Waals surface area contributed by atoms with E-state index in [2.05, 4.69) is 15.3 Å². The number of nitrogens with one attached hydrogen (secondary N) is 1. The minimum atomic E-state index is -0.157. The number of amides is 1. The van der Waals surface area contributed by atoms with Crippen LogP contribution >= 0.6 is 11.3 Å². The molecule has 0 aliphatic carbocycles. The second kappa shape index (κ2) is 8.79. The van der Waals surface area contributed by atoms with Gasteiger partial charge >= 0.3 is 0 Å². The van der Waals surface area contributed by atoms with Crippen LogP contribution in [-0.2, 0) is 24.7 Å². The molecule has 28 heavy (non-hydrogen) atoms. The number of aromatic nitrogens is 3. The lowest BCUT2D eigenvalue weighted by molar-refractivity contribution is -0.120. The molecule has 2 aromatic heterocycles. The van der Waals surface area contributed by atoms with Crippen molar-refractivity contribution in [2.24, 2.45) is 7.05 Å². The van der Waals surface area contributed by atoms with Gasteiger partial charge in [-0.1, -0.05) is 0 Å². The van der Waals surface area contributed by atoms with Gasteiger partial charge in [0.2, 0.25) is 5.91 Å². The van der Waals surface area contributed by atoms with Crippen LogP contribution in [0.5, 0.6) is 5.75 Å². The van der Waals surface area contributed by atoms with E-state index in [1.54, 1.807) is 32.4 Å². The van der Waals surface area contributed by atoms with E-state index in [1.807, 2.05) is 29.6 Å². The van der Waals surface area contributed by atoms with Gasteiger partial charge in [-0.05, 0) is 31.2 Å². The van der Waals surface area contributed by atoms with Gasteiger partial charge in [0.1, 0.15) is 5.75 Å². The van der Waals surface area contributed by atoms with Crippen molar-refractivity contribution in [3.63, 3.8) is 0 Å². The first kappa shape index (κ1) is 19.8. The molecule has 1 aromatic carbocycles. The largest absolute Gasteiger partial charge is 0.497 e. The van der Waals surface area contributed by atoms with Gasteiger partial charge in [-0.3, -0.25) is 9.59 Å². The Bertz CT molecular complexity index is 1020. The van der Waals surface area contributed by atoms with Crippen molar-refractivity contribution in [3.8, 4) is 17.0 Å². The zero-order valence-corrected chi connectivity index (χ0v) is 16.9. The number of hydrogen-bond acceptors (Lipinski definition) is 6. The molecular formula is C20H22N4O3S. The molecule has 3 rings (SSSR count). The molecule has 1 N–H and O–H groups in total. The molecule has 0 spiro atoms. The summed E-state index contributed by atoms with van der Waals surface area (Å²) in [6.45, 7) is 2.17. The van der Waals surface area contributed by atoms with Gasteiger partial charge in [0.15, 0.2) is 0 Å². The molecule has 0 aliphatic rings. The number of rotatable bonds is 7. The number of thiazole rings is 1. The molecule has 0 unspecified atom stereocenters. The van der Waals surface area contributed by atoms with Crippen molar-refractivity contribution < 1.29 is 9.53 Å². The molecule has 0 saturated carbocycles. The molecule has 7 nitrogen and oxygen atoms in total. The lowest BCUT2D eigenvalue weighted by atomic mass is 10.2. The number of carbonyl (C=O) groups is 1. The van der Waals surface area contributed by atoms with Crippen LogP contribution < -0.4 is 15.6 Å². The van der Waals surface area contributed by atoms with Crippen LogP contribution in [0.3, 0.4) is 0 Å². The number of carbonyl (C=O) groups excluding carboxylic acids is 1. The third kappa shape index (κ3) is 4.64. The predicted octanol–water partition coefficient (Wildman–Crippen LogP) is 2.12. The van der Waals surface area contributed by atoms with Crippen molar-refractivity contribution in [1.82, 2.24) is 19.9 Å². The highest BCUT2D eigenvalue weighted by Crippen LogP contribution is 2.24. The second-order valence-electron chi connectivity index (χ2n) is 6.36. The van der Waals surface area contributed by atoms with E-state index in [0.29, 0.717) is 24.2 Å². The average molecular weight is 398 g/mol. The normalized spacial score (nSPS) is 10.7. The quantitative estimate of drug-likeness (QED) is 0.659. The van der Waals surface area contributed by atoms with E-state index < -0.39 is 0 Å². The highest BCUT2D eigenvalue weighted by molar-refractivity contribution is 7.09. The molecule has 0 bridgehead atoms. The first-order chi connectivity index (χ1) is 13.5. The lowest BCUT2D eigenvalue weighted by Gasteiger charge is -2.07. The molecule has 2 heterocycles. The summed E-state index contributed by atoms with van der Waals surface area (Å²) in [7, 11) is 3.28. The number of methoxy groups -OCH3 is 1. The van der Waals surface area contributed by atoms with Crippen molar-refractivity contribution in [1.29, 1.82) is 0 Å². The smallest absolute Gasteiger partial charge is 0.256 e. The topological polar surface area (TPSA) is 86.1 Å². The molecule has 0 atom stereocenters. The maximum atomic E-state index is 12.1. The average Bonchev–Trinajstić information content (AvgIpc) is 3.17. The third-order valence-corrected chi connectivity index (χ3v) is 5.30. The summed E-state index contributed by atoms with van der Waals surface area (Å²) in [4.78, 5) is 32.9. The fourth-order valence-corrected chi connectivity index (χ4v) is 3.52. The first-order valence-electron chi connectivity index (χ1n) is 8.84. The minimum absolute atomic E-state index is 0.0941. The van der Waals surface area contributed by atoms with E-state index in [9.17, 15) is 9.59 Å². The molecule has 0 radical (unpaired) electrons. The standard InChI is InChI=1S/C20H22N4O3S/c1-13-16(22-12-24(2)20(13)26)10-18(25)21-9-8-19-23-17(11-28-19)14-4-6-15(27-3)7-5-14/h4-7,11-12H,8-10H2,1-3H3,(H,21,25). The van der Waals surface area contributed by atoms with E-state index in [1.165, 1.54) is 10.9 Å². The number of benzene rings is 1. The van der Waals surface area contributed by atoms with Crippen molar-refractivity contribution in [2.75, 3.05) is 13.7 Å². The van der Waals surface area contributed by atoms with Gasteiger partial charge in [-0.25, -0.2) is 9.97 Å². The van der Waals surface area contributed by atoms with Crippen molar-refractivity contribution in [2.45, 2.75) is 19.8 Å². The molecule has 1 amide bonds. The number of hydrogen-bond donors (Lipinski definition) is 1. The van der Waals surface area contributed by atoms with Crippen molar-refractivity contribution >= 4 is 17.2 Å². The molecule has 3 aromatic rings. The van der Waals surface area contributed by atoms with E-state index >= 15 is 0 Å². The van der Waals surface area contributed by atoms with Crippen LogP contribution in [0.4, 0.5) is 0 Å². The Morgan fingerprint density at radius 2 is 2.04 bits per heavy atom. The van der Waals surface area contributed by atoms with Gasteiger partial charge in [0.05, 0.1) is 36.3 Å². The monoisotopic (exact) mass is 398 g/mol. The van der Waals surface area contributed by atoms with Crippen LogP contribution in [0.25, 0.3) is 11.3 Å². The fourth-order valence-electron chi connectivity index (χ4n) is 2.72. The van der Waals surface area contributed by atoms with Crippen LogP contribution in [0.15, 0.2) is 40.8 Å². The predicted molar refractivity (Wildman–Crippen MR) is 109 cm³/mol. The maximum absolute atomic E-state index is 12.1. The highest BCUT2D eigenvalue weighted by atomic mass is 32.1. The van der Waals surface area contributed by atoms with Gasteiger partial charge in [0, 0.05) is 36.5 Å². The highest BCUT2D eigenvalue weighted by Gasteiger charge is 2.11. The summed E-state index contributed by atoms with van der Waals surface area (Å²) in [5.74, 6) is 0.652. The first-order valence-corrected chi connectivity index (χ1v) is 9.72. The number of nitrogens with zero attached hydrogens (tertiary/aromatic N) is 3. The number of aryl methyl sites for hydroxylation is 1.